The van der Waals surface area contributed by atoms with E-state index in [0.717, 1.165) is 0 Å². The molecule has 1 fully saturated rings. The summed E-state index contributed by atoms with van der Waals surface area (Å²) in [4.78, 5) is 0. The maximum Gasteiger partial charge on any atom is 0.109 e. The van der Waals surface area contributed by atoms with Crippen LogP contribution in [0.5, 0.6) is 0 Å². The highest BCUT2D eigenvalue weighted by molar-refractivity contribution is 4.84. The van der Waals surface area contributed by atoms with E-state index in [0.29, 0.717) is 0 Å². The van der Waals surface area contributed by atoms with Crippen LogP contribution in [-0.2, 0) is 4.74 Å². The Bertz CT molecular complexity index is 140. The molecule has 0 bridgehead atoms. The second-order valence-corrected chi connectivity index (χ2v) is 2.96. The van der Waals surface area contributed by atoms with Gasteiger partial charge in [0.2, 0.25) is 0 Å². The molecule has 1 aliphatic heterocycles. The molecule has 0 aromatic carbocycles. The van der Waals surface area contributed by atoms with Crippen LogP contribution in [0, 0.1) is 0 Å². The van der Waals surface area contributed by atoms with Crippen LogP contribution < -0.4 is 0 Å². The summed E-state index contributed by atoms with van der Waals surface area (Å²) in [5.74, 6) is 0. The lowest BCUT2D eigenvalue weighted by Crippen LogP contribution is -2.50. The van der Waals surface area contributed by atoms with Crippen LogP contribution in [0.2, 0.25) is 0 Å². The Labute approximate surface area is 70.2 Å². The summed E-state index contributed by atoms with van der Waals surface area (Å²) in [6, 6.07) is 0. The lowest BCUT2D eigenvalue weighted by molar-refractivity contribution is -0.187. The third-order valence-corrected chi connectivity index (χ3v) is 2.03. The molecule has 5 nitrogen and oxygen atoms in total. The summed E-state index contributed by atoms with van der Waals surface area (Å²) in [6.07, 6.45) is -3.05. The molecule has 12 heavy (non-hydrogen) atoms. The molecule has 72 valence electrons. The fraction of sp³-hybridized carbons (Fsp3) is 1.00. The van der Waals surface area contributed by atoms with Gasteiger partial charge in [0.15, 0.2) is 0 Å². The molecule has 4 N–H and O–H groups in total. The predicted octanol–water partition coefficient (Wildman–Crippen LogP) is -2.15. The van der Waals surface area contributed by atoms with E-state index in [1.807, 2.05) is 0 Å². The van der Waals surface area contributed by atoms with Crippen molar-refractivity contribution < 1.29 is 25.2 Å². The summed E-state index contributed by atoms with van der Waals surface area (Å²) in [5, 5.41) is 35.9. The molecule has 1 aliphatic rings. The lowest BCUT2D eigenvalue weighted by Gasteiger charge is -2.35. The average Bonchev–Trinajstić information content (AvgIpc) is 2.09. The van der Waals surface area contributed by atoms with E-state index in [9.17, 15) is 10.2 Å². The van der Waals surface area contributed by atoms with Gasteiger partial charge in [0.1, 0.15) is 12.2 Å². The fourth-order valence-corrected chi connectivity index (χ4v) is 1.31. The van der Waals surface area contributed by atoms with E-state index in [2.05, 4.69) is 0 Å². The molecule has 0 aliphatic carbocycles. The second kappa shape index (κ2) is 4.15. The van der Waals surface area contributed by atoms with E-state index < -0.39 is 24.4 Å². The van der Waals surface area contributed by atoms with Crippen molar-refractivity contribution in [3.8, 4) is 0 Å². The van der Waals surface area contributed by atoms with E-state index >= 15 is 0 Å². The zero-order valence-electron chi connectivity index (χ0n) is 6.63. The van der Waals surface area contributed by atoms with Crippen molar-refractivity contribution >= 4 is 0 Å². The third kappa shape index (κ3) is 1.94. The van der Waals surface area contributed by atoms with Gasteiger partial charge in [-0.25, -0.2) is 0 Å². The second-order valence-electron chi connectivity index (χ2n) is 2.96. The zero-order valence-corrected chi connectivity index (χ0v) is 6.63. The number of aliphatic hydroxyl groups excluding tert-OH is 4. The number of aliphatic hydroxyl groups is 4. The van der Waals surface area contributed by atoms with Crippen molar-refractivity contribution in [2.75, 3.05) is 13.2 Å². The normalized spacial score (nSPS) is 43.0. The molecule has 1 saturated heterocycles. The van der Waals surface area contributed by atoms with Crippen molar-refractivity contribution in [1.29, 1.82) is 0 Å². The fourth-order valence-electron chi connectivity index (χ4n) is 1.31. The van der Waals surface area contributed by atoms with Crippen LogP contribution in [0.15, 0.2) is 0 Å². The topological polar surface area (TPSA) is 90.2 Å². The van der Waals surface area contributed by atoms with Gasteiger partial charge in [-0.05, 0) is 0 Å². The van der Waals surface area contributed by atoms with E-state index in [1.54, 1.807) is 0 Å². The quantitative estimate of drug-likeness (QED) is 0.387. The molecular formula is C7H14O5. The Balaban J connectivity index is 2.52. The minimum absolute atomic E-state index is 0.203. The van der Waals surface area contributed by atoms with Crippen molar-refractivity contribution in [2.45, 2.75) is 30.8 Å². The smallest absolute Gasteiger partial charge is 0.109 e. The number of ether oxygens (including phenoxy) is 1. The number of rotatable bonds is 2. The van der Waals surface area contributed by atoms with Crippen LogP contribution in [0.1, 0.15) is 6.42 Å². The van der Waals surface area contributed by atoms with Crippen LogP contribution in [0.4, 0.5) is 0 Å². The van der Waals surface area contributed by atoms with Gasteiger partial charge in [-0.3, -0.25) is 0 Å². The molecule has 4 atom stereocenters. The highest BCUT2D eigenvalue weighted by atomic mass is 16.5. The highest BCUT2D eigenvalue weighted by Gasteiger charge is 2.35. The summed E-state index contributed by atoms with van der Waals surface area (Å²) < 4.78 is 5.06. The first kappa shape index (κ1) is 9.88. The van der Waals surface area contributed by atoms with Gasteiger partial charge in [0.25, 0.3) is 0 Å². The standard InChI is InChI=1S/C7H14O5/c8-2-4-1-5(10)7(11)6(3-9)12-4/h4-11H,1-3H2/t4-,5-,6?,7?/m1/s1. The Hall–Kier alpha value is -0.200. The maximum absolute atomic E-state index is 9.23. The van der Waals surface area contributed by atoms with Gasteiger partial charge in [-0.15, -0.1) is 0 Å². The first-order chi connectivity index (χ1) is 5.69. The summed E-state index contributed by atoms with van der Waals surface area (Å²) in [6.45, 7) is -0.561. The minimum Gasteiger partial charge on any atom is -0.394 e. The molecule has 0 amide bonds. The molecule has 2 unspecified atom stereocenters. The van der Waals surface area contributed by atoms with Crippen molar-refractivity contribution in [1.82, 2.24) is 0 Å². The molecule has 0 saturated carbocycles. The Morgan fingerprint density at radius 2 is 1.83 bits per heavy atom. The van der Waals surface area contributed by atoms with Crippen molar-refractivity contribution in [3.05, 3.63) is 0 Å². The van der Waals surface area contributed by atoms with Crippen molar-refractivity contribution in [3.63, 3.8) is 0 Å². The molecular weight excluding hydrogens is 164 g/mol. The lowest BCUT2D eigenvalue weighted by atomic mass is 9.98. The molecule has 0 radical (unpaired) electrons. The largest absolute Gasteiger partial charge is 0.394 e. The number of hydrogen-bond donors (Lipinski definition) is 4. The predicted molar refractivity (Wildman–Crippen MR) is 39.5 cm³/mol. The van der Waals surface area contributed by atoms with E-state index in [-0.39, 0.29) is 19.6 Å². The SMILES string of the molecule is OCC1O[C@@H](CO)C[C@@H](O)C1O. The van der Waals surface area contributed by atoms with Gasteiger partial charge in [-0.2, -0.15) is 0 Å². The first-order valence-corrected chi connectivity index (χ1v) is 3.92. The Kier molecular flexibility index (Phi) is 3.42. The summed E-state index contributed by atoms with van der Waals surface area (Å²) >= 11 is 0. The van der Waals surface area contributed by atoms with Crippen molar-refractivity contribution in [2.24, 2.45) is 0 Å². The van der Waals surface area contributed by atoms with Gasteiger partial charge in [-0.1, -0.05) is 0 Å². The molecule has 1 rings (SSSR count). The Morgan fingerprint density at radius 1 is 1.17 bits per heavy atom. The van der Waals surface area contributed by atoms with E-state index in [1.165, 1.54) is 0 Å². The average molecular weight is 178 g/mol. The van der Waals surface area contributed by atoms with Gasteiger partial charge >= 0.3 is 0 Å². The van der Waals surface area contributed by atoms with Crippen LogP contribution in [0.3, 0.4) is 0 Å². The maximum atomic E-state index is 9.23. The first-order valence-electron chi connectivity index (χ1n) is 3.92. The van der Waals surface area contributed by atoms with Gasteiger partial charge < -0.3 is 25.2 Å². The summed E-state index contributed by atoms with van der Waals surface area (Å²) in [7, 11) is 0. The minimum atomic E-state index is -1.06. The van der Waals surface area contributed by atoms with Crippen LogP contribution >= 0.6 is 0 Å². The van der Waals surface area contributed by atoms with E-state index in [4.69, 9.17) is 14.9 Å². The molecule has 5 heteroatoms. The highest BCUT2D eigenvalue weighted by Crippen LogP contribution is 2.19. The van der Waals surface area contributed by atoms with Crippen LogP contribution in [0.25, 0.3) is 0 Å². The number of hydrogen-bond acceptors (Lipinski definition) is 5. The zero-order chi connectivity index (χ0) is 9.14. The Morgan fingerprint density at radius 3 is 2.33 bits per heavy atom. The third-order valence-electron chi connectivity index (χ3n) is 2.03. The monoisotopic (exact) mass is 178 g/mol. The molecule has 0 aromatic heterocycles. The van der Waals surface area contributed by atoms with Gasteiger partial charge in [0, 0.05) is 6.42 Å². The molecule has 1 heterocycles. The summed E-state index contributed by atoms with van der Waals surface area (Å²) in [5.41, 5.74) is 0. The molecule has 0 aromatic rings. The molecule has 0 spiro atoms. The van der Waals surface area contributed by atoms with Crippen LogP contribution in [-0.4, -0.2) is 58.1 Å². The van der Waals surface area contributed by atoms with Gasteiger partial charge in [0.05, 0.1) is 25.4 Å².